The van der Waals surface area contributed by atoms with E-state index in [1.807, 2.05) is 30.3 Å². The predicted molar refractivity (Wildman–Crippen MR) is 98.4 cm³/mol. The monoisotopic (exact) mass is 397 g/mol. The van der Waals surface area contributed by atoms with Gasteiger partial charge in [0.15, 0.2) is 0 Å². The van der Waals surface area contributed by atoms with Gasteiger partial charge >= 0.3 is 5.97 Å². The Morgan fingerprint density at radius 1 is 1.20 bits per heavy atom. The number of nitrogens with zero attached hydrogens (tertiary/aromatic N) is 1. The highest BCUT2D eigenvalue weighted by atomic mass is 35.6. The van der Waals surface area contributed by atoms with E-state index >= 15 is 0 Å². The zero-order valence-electron chi connectivity index (χ0n) is 13.4. The molecule has 25 heavy (non-hydrogen) atoms. The number of likely N-dealkylation sites (N-methyl/N-ethyl adjacent to an activating group) is 1. The average molecular weight is 399 g/mol. The summed E-state index contributed by atoms with van der Waals surface area (Å²) in [6.45, 7) is 0. The van der Waals surface area contributed by atoms with Crippen molar-refractivity contribution in [2.45, 2.75) is 9.83 Å². The Bertz CT molecular complexity index is 798. The van der Waals surface area contributed by atoms with Crippen LogP contribution in [0, 0.1) is 11.8 Å². The third-order valence-corrected chi connectivity index (χ3v) is 3.94. The van der Waals surface area contributed by atoms with E-state index in [0.717, 1.165) is 5.56 Å². The Morgan fingerprint density at radius 3 is 2.40 bits per heavy atom. The Hall–Kier alpha value is -1.93. The van der Waals surface area contributed by atoms with Crippen molar-refractivity contribution in [2.24, 2.45) is 0 Å². The molecule has 0 saturated carbocycles. The van der Waals surface area contributed by atoms with Crippen LogP contribution < -0.4 is 0 Å². The van der Waals surface area contributed by atoms with Crippen molar-refractivity contribution >= 4 is 46.6 Å². The molecule has 130 valence electrons. The van der Waals surface area contributed by atoms with Crippen LogP contribution in [0.3, 0.4) is 0 Å². The number of benzene rings is 1. The summed E-state index contributed by atoms with van der Waals surface area (Å²) in [4.78, 5) is 25.9. The molecule has 1 aliphatic rings. The Kier molecular flexibility index (Phi) is 6.18. The molecule has 1 unspecified atom stereocenters. The maximum atomic E-state index is 12.5. The minimum atomic E-state index is -2.15. The molecule has 0 saturated heterocycles. The van der Waals surface area contributed by atoms with Crippen LogP contribution >= 0.6 is 34.8 Å². The van der Waals surface area contributed by atoms with E-state index < -0.39 is 21.6 Å². The summed E-state index contributed by atoms with van der Waals surface area (Å²) in [6.07, 6.45) is 2.88. The molecular formula is C18H14Cl3NO3. The van der Waals surface area contributed by atoms with Gasteiger partial charge in [-0.1, -0.05) is 64.8 Å². The first kappa shape index (κ1) is 19.4. The van der Waals surface area contributed by atoms with Crippen molar-refractivity contribution in [1.29, 1.82) is 0 Å². The fourth-order valence-electron chi connectivity index (χ4n) is 2.23. The van der Waals surface area contributed by atoms with Crippen molar-refractivity contribution in [1.82, 2.24) is 4.90 Å². The molecule has 1 heterocycles. The molecule has 0 spiro atoms. The molecule has 0 bridgehead atoms. The predicted octanol–water partition coefficient (Wildman–Crippen LogP) is 3.27. The Balaban J connectivity index is 2.46. The number of ketones is 1. The summed E-state index contributed by atoms with van der Waals surface area (Å²) in [5.74, 6) is 4.62. The summed E-state index contributed by atoms with van der Waals surface area (Å²) in [5.41, 5.74) is 1.05. The average Bonchev–Trinajstić information content (AvgIpc) is 2.58. The number of methoxy groups -OCH3 is 1. The van der Waals surface area contributed by atoms with E-state index in [4.69, 9.17) is 39.5 Å². The molecule has 0 fully saturated rings. The molecule has 7 heteroatoms. The van der Waals surface area contributed by atoms with Crippen LogP contribution in [-0.4, -0.2) is 40.6 Å². The van der Waals surface area contributed by atoms with Crippen molar-refractivity contribution < 1.29 is 14.3 Å². The first-order valence-corrected chi connectivity index (χ1v) is 8.29. The lowest BCUT2D eigenvalue weighted by Crippen LogP contribution is -2.38. The lowest BCUT2D eigenvalue weighted by atomic mass is 9.96. The largest absolute Gasteiger partial charge is 0.465 e. The SMILES string of the molecule is COC(=O)C1=CN(C)C(C#Cc2ccccc2)C(C(=O)C(Cl)(Cl)Cl)=C1. The highest BCUT2D eigenvalue weighted by molar-refractivity contribution is 6.77. The fraction of sp³-hybridized carbons (Fsp3) is 0.222. The smallest absolute Gasteiger partial charge is 0.339 e. The van der Waals surface area contributed by atoms with Crippen LogP contribution in [0.2, 0.25) is 0 Å². The molecule has 1 aromatic rings. The van der Waals surface area contributed by atoms with E-state index in [9.17, 15) is 9.59 Å². The maximum absolute atomic E-state index is 12.5. The second kappa shape index (κ2) is 7.97. The van der Waals surface area contributed by atoms with Crippen molar-refractivity contribution in [3.8, 4) is 11.8 Å². The number of hydrogen-bond donors (Lipinski definition) is 0. The number of ether oxygens (including phenoxy) is 1. The van der Waals surface area contributed by atoms with Crippen molar-refractivity contribution in [2.75, 3.05) is 14.2 Å². The van der Waals surface area contributed by atoms with Gasteiger partial charge in [-0.05, 0) is 18.2 Å². The standard InChI is InChI=1S/C18H14Cl3NO3/c1-22-11-13(17(24)25-2)10-14(16(23)18(19,20)21)15(22)9-8-12-6-4-3-5-7-12/h3-7,10-11,15H,1-2H3. The second-order valence-electron chi connectivity index (χ2n) is 5.21. The van der Waals surface area contributed by atoms with Gasteiger partial charge in [0.05, 0.1) is 12.7 Å². The molecule has 0 radical (unpaired) electrons. The summed E-state index contributed by atoms with van der Waals surface area (Å²) in [7, 11) is 2.92. The number of Topliss-reactive ketones (excluding diaryl/α,β-unsaturated/α-hetero) is 1. The highest BCUT2D eigenvalue weighted by Crippen LogP contribution is 2.33. The number of rotatable bonds is 2. The summed E-state index contributed by atoms with van der Waals surface area (Å²) >= 11 is 17.2. The van der Waals surface area contributed by atoms with Gasteiger partial charge < -0.3 is 9.64 Å². The van der Waals surface area contributed by atoms with E-state index in [0.29, 0.717) is 0 Å². The molecule has 0 aromatic heterocycles. The number of carbonyl (C=O) groups is 2. The second-order valence-corrected chi connectivity index (χ2v) is 7.49. The molecule has 4 nitrogen and oxygen atoms in total. The van der Waals surface area contributed by atoms with Crippen molar-refractivity contribution in [3.05, 3.63) is 59.3 Å². The van der Waals surface area contributed by atoms with Gasteiger partial charge in [0.2, 0.25) is 5.78 Å². The van der Waals surface area contributed by atoms with E-state index in [-0.39, 0.29) is 11.1 Å². The van der Waals surface area contributed by atoms with Crippen LogP contribution in [0.25, 0.3) is 0 Å². The van der Waals surface area contributed by atoms with Gasteiger partial charge in [-0.2, -0.15) is 0 Å². The number of carbonyl (C=O) groups excluding carboxylic acids is 2. The third kappa shape index (κ3) is 4.79. The van der Waals surface area contributed by atoms with Gasteiger partial charge in [-0.25, -0.2) is 4.79 Å². The Labute approximate surface area is 161 Å². The normalized spacial score (nSPS) is 17.0. The van der Waals surface area contributed by atoms with Crippen LogP contribution in [0.5, 0.6) is 0 Å². The fourth-order valence-corrected chi connectivity index (χ4v) is 2.56. The lowest BCUT2D eigenvalue weighted by molar-refractivity contribution is -0.135. The molecule has 1 atom stereocenters. The first-order valence-electron chi connectivity index (χ1n) is 7.16. The summed E-state index contributed by atoms with van der Waals surface area (Å²) < 4.78 is 2.54. The van der Waals surface area contributed by atoms with Gasteiger partial charge in [-0.3, -0.25) is 4.79 Å². The summed E-state index contributed by atoms with van der Waals surface area (Å²) in [5, 5.41) is 0. The molecule has 2 rings (SSSR count). The van der Waals surface area contributed by atoms with Crippen LogP contribution in [0.4, 0.5) is 0 Å². The van der Waals surface area contributed by atoms with E-state index in [1.165, 1.54) is 19.4 Å². The molecule has 0 N–H and O–H groups in total. The maximum Gasteiger partial charge on any atom is 0.339 e. The minimum Gasteiger partial charge on any atom is -0.465 e. The number of hydrogen-bond acceptors (Lipinski definition) is 4. The Morgan fingerprint density at radius 2 is 1.84 bits per heavy atom. The molecule has 1 aliphatic heterocycles. The number of esters is 1. The molecule has 1 aromatic carbocycles. The number of halogens is 3. The van der Waals surface area contributed by atoms with Crippen LogP contribution in [0.15, 0.2) is 53.8 Å². The third-order valence-electron chi connectivity index (χ3n) is 3.42. The summed E-state index contributed by atoms with van der Waals surface area (Å²) in [6, 6.07) is 8.59. The zero-order chi connectivity index (χ0) is 18.6. The van der Waals surface area contributed by atoms with Gasteiger partial charge in [0.1, 0.15) is 6.04 Å². The number of alkyl halides is 3. The molecule has 0 amide bonds. The quantitative estimate of drug-likeness (QED) is 0.436. The van der Waals surface area contributed by atoms with Crippen LogP contribution in [-0.2, 0) is 14.3 Å². The highest BCUT2D eigenvalue weighted by Gasteiger charge is 2.38. The van der Waals surface area contributed by atoms with Gasteiger partial charge in [0, 0.05) is 24.4 Å². The van der Waals surface area contributed by atoms with Crippen LogP contribution in [0.1, 0.15) is 5.56 Å². The lowest BCUT2D eigenvalue weighted by Gasteiger charge is -2.29. The minimum absolute atomic E-state index is 0.105. The van der Waals surface area contributed by atoms with E-state index in [2.05, 4.69) is 11.8 Å². The van der Waals surface area contributed by atoms with Gasteiger partial charge in [0.25, 0.3) is 3.79 Å². The zero-order valence-corrected chi connectivity index (χ0v) is 15.7. The van der Waals surface area contributed by atoms with E-state index in [1.54, 1.807) is 11.9 Å². The molecule has 0 aliphatic carbocycles. The topological polar surface area (TPSA) is 46.6 Å². The molecular weight excluding hydrogens is 385 g/mol. The van der Waals surface area contributed by atoms with Gasteiger partial charge in [-0.15, -0.1) is 0 Å². The van der Waals surface area contributed by atoms with Crippen molar-refractivity contribution in [3.63, 3.8) is 0 Å². The first-order chi connectivity index (χ1) is 11.7.